The van der Waals surface area contributed by atoms with Gasteiger partial charge in [0.25, 0.3) is 0 Å². The van der Waals surface area contributed by atoms with E-state index < -0.39 is 0 Å². The topological polar surface area (TPSA) is 64.9 Å². The lowest BCUT2D eigenvalue weighted by Gasteiger charge is -2.05. The fourth-order valence-electron chi connectivity index (χ4n) is 1.71. The van der Waals surface area contributed by atoms with Crippen LogP contribution in [0.1, 0.15) is 11.4 Å². The first-order valence-electron chi connectivity index (χ1n) is 5.86. The molecule has 0 spiro atoms. The molecular formula is C12H17N5O. The molecule has 0 fully saturated rings. The van der Waals surface area contributed by atoms with Gasteiger partial charge in [0.2, 0.25) is 0 Å². The van der Waals surface area contributed by atoms with Gasteiger partial charge in [-0.25, -0.2) is 4.68 Å². The molecular weight excluding hydrogens is 230 g/mol. The molecule has 0 saturated heterocycles. The minimum atomic E-state index is 0.676. The molecule has 0 aliphatic heterocycles. The van der Waals surface area contributed by atoms with E-state index in [1.807, 2.05) is 23.9 Å². The Labute approximate surface area is 106 Å². The van der Waals surface area contributed by atoms with Crippen molar-refractivity contribution in [3.63, 3.8) is 0 Å². The Morgan fingerprint density at radius 2 is 2.06 bits per heavy atom. The van der Waals surface area contributed by atoms with Crippen molar-refractivity contribution in [2.45, 2.75) is 19.5 Å². The van der Waals surface area contributed by atoms with Gasteiger partial charge < -0.3 is 10.1 Å². The van der Waals surface area contributed by atoms with E-state index in [1.165, 1.54) is 5.56 Å². The van der Waals surface area contributed by atoms with Crippen molar-refractivity contribution in [1.29, 1.82) is 0 Å². The molecule has 6 heteroatoms. The molecule has 1 aromatic carbocycles. The second kappa shape index (κ2) is 6.11. The maximum Gasteiger partial charge on any atom is 0.165 e. The lowest BCUT2D eigenvalue weighted by molar-refractivity contribution is 0.414. The van der Waals surface area contributed by atoms with E-state index in [1.54, 1.807) is 7.11 Å². The average Bonchev–Trinajstić information content (AvgIpc) is 2.85. The van der Waals surface area contributed by atoms with Crippen LogP contribution in [0.25, 0.3) is 0 Å². The van der Waals surface area contributed by atoms with E-state index in [4.69, 9.17) is 4.74 Å². The largest absolute Gasteiger partial charge is 0.497 e. The number of nitrogens with one attached hydrogen (secondary N) is 1. The minimum absolute atomic E-state index is 0.676. The van der Waals surface area contributed by atoms with Gasteiger partial charge in [-0.05, 0) is 41.6 Å². The van der Waals surface area contributed by atoms with Crippen LogP contribution in [-0.4, -0.2) is 34.4 Å². The van der Waals surface area contributed by atoms with Crippen LogP contribution in [0.4, 0.5) is 0 Å². The summed E-state index contributed by atoms with van der Waals surface area (Å²) in [7, 11) is 3.54. The number of aryl methyl sites for hydroxylation is 2. The molecule has 0 aliphatic carbocycles. The van der Waals surface area contributed by atoms with E-state index in [0.717, 1.165) is 24.5 Å². The van der Waals surface area contributed by atoms with Crippen molar-refractivity contribution in [1.82, 2.24) is 25.5 Å². The molecule has 0 bridgehead atoms. The third kappa shape index (κ3) is 3.04. The fourth-order valence-corrected chi connectivity index (χ4v) is 1.71. The Morgan fingerprint density at radius 3 is 2.72 bits per heavy atom. The van der Waals surface area contributed by atoms with Crippen LogP contribution in [0.5, 0.6) is 5.75 Å². The number of tetrazole rings is 1. The van der Waals surface area contributed by atoms with Gasteiger partial charge in [0.05, 0.1) is 13.7 Å². The standard InChI is InChI=1S/C12H17N5O/c1-13-9-12-14-15-16-17(12)8-7-10-3-5-11(18-2)6-4-10/h3-6,13H,7-9H2,1-2H3. The van der Waals surface area contributed by atoms with Crippen LogP contribution >= 0.6 is 0 Å². The predicted molar refractivity (Wildman–Crippen MR) is 67.3 cm³/mol. The van der Waals surface area contributed by atoms with Crippen molar-refractivity contribution in [2.75, 3.05) is 14.2 Å². The molecule has 0 saturated carbocycles. The van der Waals surface area contributed by atoms with E-state index >= 15 is 0 Å². The second-order valence-corrected chi connectivity index (χ2v) is 3.95. The van der Waals surface area contributed by atoms with E-state index in [-0.39, 0.29) is 0 Å². The van der Waals surface area contributed by atoms with Gasteiger partial charge in [-0.3, -0.25) is 0 Å². The molecule has 2 rings (SSSR count). The third-order valence-electron chi connectivity index (χ3n) is 2.71. The van der Waals surface area contributed by atoms with Crippen molar-refractivity contribution >= 4 is 0 Å². The summed E-state index contributed by atoms with van der Waals surface area (Å²) in [4.78, 5) is 0. The monoisotopic (exact) mass is 247 g/mol. The zero-order valence-corrected chi connectivity index (χ0v) is 10.6. The zero-order valence-electron chi connectivity index (χ0n) is 10.6. The molecule has 1 N–H and O–H groups in total. The SMILES string of the molecule is CNCc1nnnn1CCc1ccc(OC)cc1. The summed E-state index contributed by atoms with van der Waals surface area (Å²) >= 11 is 0. The molecule has 2 aromatic rings. The lowest BCUT2D eigenvalue weighted by Crippen LogP contribution is -2.14. The predicted octanol–water partition coefficient (Wildman–Crippen LogP) is 0.644. The van der Waals surface area contributed by atoms with Gasteiger partial charge in [0.15, 0.2) is 5.82 Å². The first kappa shape index (κ1) is 12.5. The summed E-state index contributed by atoms with van der Waals surface area (Å²) in [6.45, 7) is 1.45. The molecule has 18 heavy (non-hydrogen) atoms. The average molecular weight is 247 g/mol. The highest BCUT2D eigenvalue weighted by Crippen LogP contribution is 2.12. The Bertz CT molecular complexity index is 479. The molecule has 0 aliphatic rings. The van der Waals surface area contributed by atoms with Crippen molar-refractivity contribution in [2.24, 2.45) is 0 Å². The number of methoxy groups -OCH3 is 1. The summed E-state index contributed by atoms with van der Waals surface area (Å²) in [5.74, 6) is 1.73. The van der Waals surface area contributed by atoms with E-state index in [9.17, 15) is 0 Å². The number of rotatable bonds is 6. The second-order valence-electron chi connectivity index (χ2n) is 3.95. The summed E-state index contributed by atoms with van der Waals surface area (Å²) in [5, 5.41) is 14.7. The molecule has 6 nitrogen and oxygen atoms in total. The number of hydrogen-bond acceptors (Lipinski definition) is 5. The summed E-state index contributed by atoms with van der Waals surface area (Å²) in [6, 6.07) is 8.04. The molecule has 0 radical (unpaired) electrons. The Hall–Kier alpha value is -1.95. The molecule has 0 amide bonds. The molecule has 96 valence electrons. The highest BCUT2D eigenvalue weighted by atomic mass is 16.5. The molecule has 0 unspecified atom stereocenters. The van der Waals surface area contributed by atoms with Gasteiger partial charge in [-0.15, -0.1) is 5.10 Å². The Balaban J connectivity index is 1.95. The van der Waals surface area contributed by atoms with Crippen LogP contribution in [0.15, 0.2) is 24.3 Å². The molecule has 0 atom stereocenters. The first-order valence-corrected chi connectivity index (χ1v) is 5.86. The lowest BCUT2D eigenvalue weighted by atomic mass is 10.1. The van der Waals surface area contributed by atoms with Gasteiger partial charge in [0, 0.05) is 6.54 Å². The van der Waals surface area contributed by atoms with Crippen molar-refractivity contribution in [3.05, 3.63) is 35.7 Å². The third-order valence-corrected chi connectivity index (χ3v) is 2.71. The molecule has 1 heterocycles. The van der Waals surface area contributed by atoms with Crippen molar-refractivity contribution < 1.29 is 4.74 Å². The summed E-state index contributed by atoms with van der Waals surface area (Å²) < 4.78 is 6.94. The number of benzene rings is 1. The number of aromatic nitrogens is 4. The smallest absolute Gasteiger partial charge is 0.165 e. The maximum atomic E-state index is 5.12. The summed E-state index contributed by atoms with van der Waals surface area (Å²) in [6.07, 6.45) is 0.895. The quantitative estimate of drug-likeness (QED) is 0.811. The van der Waals surface area contributed by atoms with Gasteiger partial charge in [-0.1, -0.05) is 12.1 Å². The van der Waals surface area contributed by atoms with Crippen LogP contribution in [0.2, 0.25) is 0 Å². The summed E-state index contributed by atoms with van der Waals surface area (Å²) in [5.41, 5.74) is 1.24. The Morgan fingerprint density at radius 1 is 1.28 bits per heavy atom. The number of hydrogen-bond donors (Lipinski definition) is 1. The number of nitrogens with zero attached hydrogens (tertiary/aromatic N) is 4. The minimum Gasteiger partial charge on any atom is -0.497 e. The van der Waals surface area contributed by atoms with Crippen LogP contribution in [0.3, 0.4) is 0 Å². The number of ether oxygens (including phenoxy) is 1. The van der Waals surface area contributed by atoms with E-state index in [0.29, 0.717) is 6.54 Å². The highest BCUT2D eigenvalue weighted by Gasteiger charge is 2.04. The maximum absolute atomic E-state index is 5.12. The van der Waals surface area contributed by atoms with Gasteiger partial charge in [-0.2, -0.15) is 0 Å². The van der Waals surface area contributed by atoms with Gasteiger partial charge in [0.1, 0.15) is 5.75 Å². The van der Waals surface area contributed by atoms with Crippen LogP contribution in [-0.2, 0) is 19.5 Å². The highest BCUT2D eigenvalue weighted by molar-refractivity contribution is 5.27. The van der Waals surface area contributed by atoms with Crippen molar-refractivity contribution in [3.8, 4) is 5.75 Å². The Kier molecular flexibility index (Phi) is 4.25. The first-order chi connectivity index (χ1) is 8.83. The van der Waals surface area contributed by atoms with Crippen LogP contribution in [0, 0.1) is 0 Å². The fraction of sp³-hybridized carbons (Fsp3) is 0.417. The van der Waals surface area contributed by atoms with Crippen LogP contribution < -0.4 is 10.1 Å². The zero-order chi connectivity index (χ0) is 12.8. The van der Waals surface area contributed by atoms with E-state index in [2.05, 4.69) is 33.0 Å². The molecule has 1 aromatic heterocycles. The normalized spacial score (nSPS) is 10.6. The van der Waals surface area contributed by atoms with Gasteiger partial charge >= 0.3 is 0 Å².